The average Bonchev–Trinajstić information content (AvgIpc) is 3.48. The van der Waals surface area contributed by atoms with Crippen molar-refractivity contribution in [1.82, 2.24) is 9.29 Å². The topological polar surface area (TPSA) is 62.4 Å². The number of hydrogen-bond acceptors (Lipinski definition) is 3. The van der Waals surface area contributed by atoms with Crippen molar-refractivity contribution in [3.05, 3.63) is 101 Å². The fraction of sp³-hybridized carbons (Fsp3) is 0.214. The molecule has 1 aliphatic rings. The molecule has 0 saturated heterocycles. The number of nitrogens with one attached hydrogen (secondary N) is 1. The number of nitrogens with zero attached hydrogens (tertiary/aromatic N) is 1. The van der Waals surface area contributed by atoms with Crippen LogP contribution in [0.5, 0.6) is 5.75 Å². The summed E-state index contributed by atoms with van der Waals surface area (Å²) in [7, 11) is -0.391. The quantitative estimate of drug-likeness (QED) is 0.369. The number of methoxy groups -OCH3 is 1. The van der Waals surface area contributed by atoms with Crippen molar-refractivity contribution in [2.24, 2.45) is 0 Å². The molecule has 0 bridgehead atoms. The second-order valence-corrected chi connectivity index (χ2v) is 10.7. The number of ether oxygens (including phenoxy) is 1. The summed E-state index contributed by atoms with van der Waals surface area (Å²) in [6.45, 7) is 1.95. The lowest BCUT2D eigenvalue weighted by Crippen LogP contribution is -2.28. The number of aromatic amines is 1. The Bertz CT molecular complexity index is 1470. The molecule has 1 heterocycles. The van der Waals surface area contributed by atoms with Gasteiger partial charge in [-0.05, 0) is 66.8 Å². The second kappa shape index (κ2) is 8.69. The van der Waals surface area contributed by atoms with Crippen LogP contribution in [0.1, 0.15) is 35.4 Å². The van der Waals surface area contributed by atoms with E-state index in [1.54, 1.807) is 26.3 Å². The van der Waals surface area contributed by atoms with Crippen LogP contribution >= 0.6 is 0 Å². The summed E-state index contributed by atoms with van der Waals surface area (Å²) in [5.74, 6) is 0.710. The molecule has 34 heavy (non-hydrogen) atoms. The molecule has 0 fully saturated rings. The minimum absolute atomic E-state index is 0.0683. The Morgan fingerprint density at radius 2 is 1.74 bits per heavy atom. The lowest BCUT2D eigenvalue weighted by atomic mass is 9.95. The van der Waals surface area contributed by atoms with Gasteiger partial charge in [0.25, 0.3) is 10.0 Å². The highest BCUT2D eigenvalue weighted by molar-refractivity contribution is 7.89. The van der Waals surface area contributed by atoms with Gasteiger partial charge in [0.2, 0.25) is 0 Å². The highest BCUT2D eigenvalue weighted by atomic mass is 32.2. The molecule has 0 saturated carbocycles. The van der Waals surface area contributed by atoms with Crippen molar-refractivity contribution in [2.75, 3.05) is 14.2 Å². The van der Waals surface area contributed by atoms with Gasteiger partial charge < -0.3 is 9.72 Å². The third kappa shape index (κ3) is 3.78. The number of aromatic nitrogens is 1. The molecule has 5 nitrogen and oxygen atoms in total. The molecule has 174 valence electrons. The number of benzene rings is 3. The normalized spacial score (nSPS) is 16.3. The monoisotopic (exact) mass is 472 g/mol. The number of likely N-dealkylation sites (N-methyl/N-ethyl adjacent to an activating group) is 1. The number of allylic oxidation sites excluding steroid dienone is 2. The zero-order valence-electron chi connectivity index (χ0n) is 19.6. The molecule has 0 amide bonds. The lowest BCUT2D eigenvalue weighted by Gasteiger charge is -2.27. The standard InChI is InChI=1S/C28H28N2O3S/c1-19-9-12-22(13-10-19)34(31,32)30(2)28-23(20-7-5-4-6-8-20)14-15-24(28)26-18-29-27-16-11-21(33-3)17-25(26)27/h4-13,16-18,24,29H,14-15H2,1-3H3/t24-/m1/s1. The first-order chi connectivity index (χ1) is 16.4. The summed E-state index contributed by atoms with van der Waals surface area (Å²) in [4.78, 5) is 3.66. The van der Waals surface area contributed by atoms with Crippen molar-refractivity contribution in [2.45, 2.75) is 30.6 Å². The van der Waals surface area contributed by atoms with Crippen LogP contribution in [0.4, 0.5) is 0 Å². The van der Waals surface area contributed by atoms with Crippen LogP contribution in [0.25, 0.3) is 16.5 Å². The summed E-state index contributed by atoms with van der Waals surface area (Å²) in [6.07, 6.45) is 3.64. The number of H-pyrrole nitrogens is 1. The molecule has 0 radical (unpaired) electrons. The number of hydrogen-bond donors (Lipinski definition) is 1. The third-order valence-electron chi connectivity index (χ3n) is 6.76. The molecule has 5 rings (SSSR count). The van der Waals surface area contributed by atoms with Crippen molar-refractivity contribution < 1.29 is 13.2 Å². The highest BCUT2D eigenvalue weighted by Crippen LogP contribution is 2.48. The first kappa shape index (κ1) is 22.3. The predicted molar refractivity (Wildman–Crippen MR) is 136 cm³/mol. The van der Waals surface area contributed by atoms with Crippen LogP contribution in [0.2, 0.25) is 0 Å². The summed E-state index contributed by atoms with van der Waals surface area (Å²) in [6, 6.07) is 23.1. The van der Waals surface area contributed by atoms with Crippen molar-refractivity contribution in [3.8, 4) is 5.75 Å². The highest BCUT2D eigenvalue weighted by Gasteiger charge is 2.36. The van der Waals surface area contributed by atoms with Gasteiger partial charge in [0, 0.05) is 35.8 Å². The van der Waals surface area contributed by atoms with Crippen LogP contribution in [0.15, 0.2) is 89.6 Å². The molecule has 1 aliphatic carbocycles. The molecular formula is C28H28N2O3S. The predicted octanol–water partition coefficient (Wildman–Crippen LogP) is 6.09. The second-order valence-electron chi connectivity index (χ2n) is 8.76. The maximum absolute atomic E-state index is 13.8. The average molecular weight is 473 g/mol. The van der Waals surface area contributed by atoms with Gasteiger partial charge in [0.1, 0.15) is 5.75 Å². The Morgan fingerprint density at radius 1 is 1.00 bits per heavy atom. The van der Waals surface area contributed by atoms with E-state index in [2.05, 4.69) is 17.1 Å². The Hall–Kier alpha value is -3.51. The minimum Gasteiger partial charge on any atom is -0.497 e. The van der Waals surface area contributed by atoms with Gasteiger partial charge >= 0.3 is 0 Å². The molecular weight excluding hydrogens is 444 g/mol. The van der Waals surface area contributed by atoms with E-state index in [-0.39, 0.29) is 5.92 Å². The smallest absolute Gasteiger partial charge is 0.263 e. The van der Waals surface area contributed by atoms with Gasteiger partial charge in [-0.1, -0.05) is 48.0 Å². The van der Waals surface area contributed by atoms with Crippen LogP contribution in [0.3, 0.4) is 0 Å². The van der Waals surface area contributed by atoms with Gasteiger partial charge in [-0.2, -0.15) is 0 Å². The van der Waals surface area contributed by atoms with E-state index >= 15 is 0 Å². The Balaban J connectivity index is 1.68. The van der Waals surface area contributed by atoms with E-state index in [0.29, 0.717) is 4.90 Å². The minimum atomic E-state index is -3.73. The SMILES string of the molecule is COc1ccc2[nH]cc([C@H]3CCC(c4ccccc4)=C3N(C)S(=O)(=O)c3ccc(C)cc3)c2c1. The van der Waals surface area contributed by atoms with Crippen molar-refractivity contribution in [3.63, 3.8) is 0 Å². The van der Waals surface area contributed by atoms with Crippen LogP contribution < -0.4 is 4.74 Å². The lowest BCUT2D eigenvalue weighted by molar-refractivity contribution is 0.415. The van der Waals surface area contributed by atoms with E-state index in [9.17, 15) is 8.42 Å². The zero-order chi connectivity index (χ0) is 23.9. The summed E-state index contributed by atoms with van der Waals surface area (Å²) >= 11 is 0. The Morgan fingerprint density at radius 3 is 2.44 bits per heavy atom. The zero-order valence-corrected chi connectivity index (χ0v) is 20.4. The molecule has 0 spiro atoms. The maximum Gasteiger partial charge on any atom is 0.263 e. The number of fused-ring (bicyclic) bond motifs is 1. The fourth-order valence-corrected chi connectivity index (χ4v) is 6.23. The number of sulfonamides is 1. The maximum atomic E-state index is 13.8. The van der Waals surface area contributed by atoms with E-state index in [4.69, 9.17) is 4.74 Å². The van der Waals surface area contributed by atoms with Crippen molar-refractivity contribution >= 4 is 26.5 Å². The molecule has 1 aromatic heterocycles. The number of aryl methyl sites for hydroxylation is 1. The molecule has 1 N–H and O–H groups in total. The number of rotatable bonds is 6. The molecule has 1 atom stereocenters. The van der Waals surface area contributed by atoms with Gasteiger partial charge in [-0.3, -0.25) is 4.31 Å². The van der Waals surface area contributed by atoms with E-state index in [0.717, 1.165) is 57.5 Å². The van der Waals surface area contributed by atoms with Gasteiger partial charge in [-0.15, -0.1) is 0 Å². The first-order valence-electron chi connectivity index (χ1n) is 11.4. The largest absolute Gasteiger partial charge is 0.497 e. The van der Waals surface area contributed by atoms with Crippen LogP contribution in [-0.2, 0) is 10.0 Å². The van der Waals surface area contributed by atoms with E-state index in [1.807, 2.05) is 61.7 Å². The van der Waals surface area contributed by atoms with Crippen LogP contribution in [-0.4, -0.2) is 31.9 Å². The van der Waals surface area contributed by atoms with Gasteiger partial charge in [0.15, 0.2) is 0 Å². The van der Waals surface area contributed by atoms with E-state index in [1.165, 1.54) is 4.31 Å². The summed E-state index contributed by atoms with van der Waals surface area (Å²) < 4.78 is 34.5. The van der Waals surface area contributed by atoms with Crippen LogP contribution in [0, 0.1) is 6.92 Å². The summed E-state index contributed by atoms with van der Waals surface area (Å²) in [5.41, 5.74) is 6.07. The first-order valence-corrected chi connectivity index (χ1v) is 12.8. The van der Waals surface area contributed by atoms with Gasteiger partial charge in [-0.25, -0.2) is 8.42 Å². The summed E-state index contributed by atoms with van der Waals surface area (Å²) in [5, 5.41) is 1.05. The van der Waals surface area contributed by atoms with Crippen molar-refractivity contribution in [1.29, 1.82) is 0 Å². The fourth-order valence-electron chi connectivity index (χ4n) is 4.94. The van der Waals surface area contributed by atoms with E-state index < -0.39 is 10.0 Å². The molecule has 0 aliphatic heterocycles. The Kier molecular flexibility index (Phi) is 5.70. The molecule has 0 unspecified atom stereocenters. The molecule has 6 heteroatoms. The molecule has 4 aromatic rings. The van der Waals surface area contributed by atoms with Gasteiger partial charge in [0.05, 0.1) is 12.0 Å². The Labute approximate surface area is 200 Å². The molecule has 3 aromatic carbocycles. The third-order valence-corrected chi connectivity index (χ3v) is 8.55.